The highest BCUT2D eigenvalue weighted by Crippen LogP contribution is 2.37. The number of anilines is 2. The number of hydrogen-bond acceptors (Lipinski definition) is 3. The number of fused-ring (bicyclic) bond motifs is 3. The van der Waals surface area contributed by atoms with Gasteiger partial charge in [-0.1, -0.05) is 30.3 Å². The zero-order chi connectivity index (χ0) is 22.1. The molecule has 6 heteroatoms. The molecular formula is C26H25F2N3O. The Hall–Kier alpha value is -3.41. The first kappa shape index (κ1) is 20.5. The molecule has 1 fully saturated rings. The van der Waals surface area contributed by atoms with E-state index in [-0.39, 0.29) is 29.5 Å². The van der Waals surface area contributed by atoms with E-state index in [1.165, 1.54) is 35.5 Å². The zero-order valence-electron chi connectivity index (χ0n) is 17.7. The molecule has 164 valence electrons. The molecule has 0 saturated carbocycles. The Morgan fingerprint density at radius 3 is 2.56 bits per heavy atom. The van der Waals surface area contributed by atoms with Crippen LogP contribution in [-0.4, -0.2) is 31.6 Å². The summed E-state index contributed by atoms with van der Waals surface area (Å²) in [5.74, 6) is -0.827. The molecule has 0 spiro atoms. The maximum Gasteiger partial charge on any atom is 0.225 e. The van der Waals surface area contributed by atoms with E-state index in [9.17, 15) is 13.6 Å². The van der Waals surface area contributed by atoms with Crippen LogP contribution in [0.2, 0.25) is 0 Å². The summed E-state index contributed by atoms with van der Waals surface area (Å²) in [5.41, 5.74) is 4.06. The number of nitrogens with zero attached hydrogens (tertiary/aromatic N) is 2. The van der Waals surface area contributed by atoms with Crippen molar-refractivity contribution in [3.8, 4) is 0 Å². The van der Waals surface area contributed by atoms with Gasteiger partial charge in [0.1, 0.15) is 11.6 Å². The lowest BCUT2D eigenvalue weighted by molar-refractivity contribution is -0.126. The fraction of sp³-hybridized carbons (Fsp3) is 0.269. The predicted octanol–water partition coefficient (Wildman–Crippen LogP) is 4.15. The van der Waals surface area contributed by atoms with Crippen LogP contribution in [0.4, 0.5) is 20.2 Å². The molecule has 0 aromatic heterocycles. The Bertz CT molecular complexity index is 1120. The molecule has 3 aromatic rings. The van der Waals surface area contributed by atoms with Crippen LogP contribution in [0, 0.1) is 17.6 Å². The van der Waals surface area contributed by atoms with E-state index >= 15 is 0 Å². The smallest absolute Gasteiger partial charge is 0.225 e. The first-order valence-electron chi connectivity index (χ1n) is 11.0. The van der Waals surface area contributed by atoms with Gasteiger partial charge >= 0.3 is 0 Å². The quantitative estimate of drug-likeness (QED) is 0.672. The van der Waals surface area contributed by atoms with E-state index in [1.54, 1.807) is 18.2 Å². The van der Waals surface area contributed by atoms with Gasteiger partial charge in [0.25, 0.3) is 0 Å². The second-order valence-electron chi connectivity index (χ2n) is 8.47. The minimum atomic E-state index is -0.309. The fourth-order valence-electron chi connectivity index (χ4n) is 4.91. The molecule has 0 bridgehead atoms. The summed E-state index contributed by atoms with van der Waals surface area (Å²) in [6.07, 6.45) is 0.656. The van der Waals surface area contributed by atoms with Crippen molar-refractivity contribution in [2.75, 3.05) is 29.4 Å². The van der Waals surface area contributed by atoms with E-state index in [0.717, 1.165) is 24.3 Å². The van der Waals surface area contributed by atoms with Crippen molar-refractivity contribution in [2.45, 2.75) is 19.0 Å². The van der Waals surface area contributed by atoms with Crippen molar-refractivity contribution >= 4 is 17.3 Å². The van der Waals surface area contributed by atoms with Gasteiger partial charge in [0.2, 0.25) is 5.91 Å². The van der Waals surface area contributed by atoms with E-state index in [2.05, 4.69) is 27.2 Å². The van der Waals surface area contributed by atoms with Gasteiger partial charge in [-0.3, -0.25) is 4.79 Å². The number of halogens is 2. The number of carbonyl (C=O) groups is 1. The summed E-state index contributed by atoms with van der Waals surface area (Å²) in [5, 5.41) is 3.02. The third-order valence-electron chi connectivity index (χ3n) is 6.51. The summed E-state index contributed by atoms with van der Waals surface area (Å²) < 4.78 is 26.9. The van der Waals surface area contributed by atoms with E-state index in [0.29, 0.717) is 19.5 Å². The number of benzene rings is 3. The van der Waals surface area contributed by atoms with E-state index in [4.69, 9.17) is 0 Å². The van der Waals surface area contributed by atoms with Gasteiger partial charge in [0, 0.05) is 37.6 Å². The second-order valence-corrected chi connectivity index (χ2v) is 8.47. The van der Waals surface area contributed by atoms with Gasteiger partial charge < -0.3 is 15.1 Å². The van der Waals surface area contributed by atoms with E-state index < -0.39 is 0 Å². The van der Waals surface area contributed by atoms with Crippen LogP contribution in [0.15, 0.2) is 72.8 Å². The maximum atomic E-state index is 13.5. The molecule has 2 aliphatic heterocycles. The Morgan fingerprint density at radius 1 is 0.938 bits per heavy atom. The van der Waals surface area contributed by atoms with Gasteiger partial charge in [0.05, 0.1) is 12.0 Å². The highest BCUT2D eigenvalue weighted by Gasteiger charge is 2.41. The number of piperazine rings is 1. The number of rotatable bonds is 4. The fourth-order valence-corrected chi connectivity index (χ4v) is 4.91. The standard InChI is InChI=1S/C26H25F2N3O/c27-20-8-10-22(11-9-20)30-12-13-31-24-7-2-1-5-19(24)15-23(25(31)17-30)26(32)29-16-18-4-3-6-21(28)14-18/h1-11,14,23,25H,12-13,15-17H2,(H,29,32). The summed E-state index contributed by atoms with van der Waals surface area (Å²) >= 11 is 0. The van der Waals surface area contributed by atoms with Gasteiger partial charge in [-0.15, -0.1) is 0 Å². The maximum absolute atomic E-state index is 13.5. The summed E-state index contributed by atoms with van der Waals surface area (Å²) in [4.78, 5) is 17.9. The van der Waals surface area contributed by atoms with Crippen molar-refractivity contribution in [3.05, 3.63) is 95.6 Å². The average Bonchev–Trinajstić information content (AvgIpc) is 2.82. The number of nitrogens with one attached hydrogen (secondary N) is 1. The molecule has 3 aromatic carbocycles. The topological polar surface area (TPSA) is 35.6 Å². The lowest BCUT2D eigenvalue weighted by Crippen LogP contribution is -2.61. The van der Waals surface area contributed by atoms with Crippen molar-refractivity contribution in [1.29, 1.82) is 0 Å². The van der Waals surface area contributed by atoms with Crippen molar-refractivity contribution in [2.24, 2.45) is 5.92 Å². The molecule has 0 radical (unpaired) electrons. The highest BCUT2D eigenvalue weighted by molar-refractivity contribution is 5.82. The average molecular weight is 434 g/mol. The van der Waals surface area contributed by atoms with Gasteiger partial charge in [0.15, 0.2) is 0 Å². The SMILES string of the molecule is O=C(NCc1cccc(F)c1)C1Cc2ccccc2N2CCN(c3ccc(F)cc3)CC12. The molecule has 4 nitrogen and oxygen atoms in total. The number of amides is 1. The van der Waals surface area contributed by atoms with Crippen LogP contribution in [0.25, 0.3) is 0 Å². The molecule has 2 unspecified atom stereocenters. The van der Waals surface area contributed by atoms with Crippen LogP contribution in [0.1, 0.15) is 11.1 Å². The second kappa shape index (κ2) is 8.61. The molecule has 1 amide bonds. The van der Waals surface area contributed by atoms with Crippen LogP contribution in [0.3, 0.4) is 0 Å². The minimum absolute atomic E-state index is 0.00351. The van der Waals surface area contributed by atoms with Crippen LogP contribution < -0.4 is 15.1 Å². The van der Waals surface area contributed by atoms with Crippen LogP contribution in [-0.2, 0) is 17.8 Å². The van der Waals surface area contributed by atoms with Gasteiger partial charge in [-0.2, -0.15) is 0 Å². The van der Waals surface area contributed by atoms with Crippen molar-refractivity contribution in [1.82, 2.24) is 5.32 Å². The minimum Gasteiger partial charge on any atom is -0.368 e. The summed E-state index contributed by atoms with van der Waals surface area (Å²) in [6, 6.07) is 21.1. The Balaban J connectivity index is 1.38. The Morgan fingerprint density at radius 2 is 1.75 bits per heavy atom. The molecule has 1 saturated heterocycles. The first-order valence-corrected chi connectivity index (χ1v) is 11.0. The normalized spacial score (nSPS) is 19.8. The largest absolute Gasteiger partial charge is 0.368 e. The number of para-hydroxylation sites is 1. The third kappa shape index (κ3) is 4.05. The van der Waals surface area contributed by atoms with Crippen molar-refractivity contribution < 1.29 is 13.6 Å². The zero-order valence-corrected chi connectivity index (χ0v) is 17.7. The Labute approximate surface area is 186 Å². The molecular weight excluding hydrogens is 408 g/mol. The summed E-state index contributed by atoms with van der Waals surface area (Å²) in [7, 11) is 0. The lowest BCUT2D eigenvalue weighted by Gasteiger charge is -2.49. The monoisotopic (exact) mass is 433 g/mol. The van der Waals surface area contributed by atoms with Gasteiger partial charge in [-0.25, -0.2) is 8.78 Å². The molecule has 32 heavy (non-hydrogen) atoms. The van der Waals surface area contributed by atoms with Crippen molar-refractivity contribution in [3.63, 3.8) is 0 Å². The Kier molecular flexibility index (Phi) is 5.52. The molecule has 5 rings (SSSR count). The molecule has 2 heterocycles. The third-order valence-corrected chi connectivity index (χ3v) is 6.51. The first-order chi connectivity index (χ1) is 15.6. The molecule has 1 N–H and O–H groups in total. The van der Waals surface area contributed by atoms with E-state index in [1.807, 2.05) is 18.2 Å². The molecule has 2 atom stereocenters. The lowest BCUT2D eigenvalue weighted by atomic mass is 9.83. The number of carbonyl (C=O) groups excluding carboxylic acids is 1. The van der Waals surface area contributed by atoms with Crippen LogP contribution in [0.5, 0.6) is 0 Å². The van der Waals surface area contributed by atoms with Gasteiger partial charge in [-0.05, 0) is 60.0 Å². The highest BCUT2D eigenvalue weighted by atomic mass is 19.1. The summed E-state index contributed by atoms with van der Waals surface area (Å²) in [6.45, 7) is 2.56. The van der Waals surface area contributed by atoms with Crippen LogP contribution >= 0.6 is 0 Å². The molecule has 0 aliphatic carbocycles. The number of hydrogen-bond donors (Lipinski definition) is 1. The molecule has 2 aliphatic rings. The predicted molar refractivity (Wildman–Crippen MR) is 122 cm³/mol.